The van der Waals surface area contributed by atoms with Crippen molar-refractivity contribution in [1.29, 1.82) is 0 Å². The molecule has 1 aromatic heterocycles. The molecule has 0 bridgehead atoms. The van der Waals surface area contributed by atoms with E-state index in [1.165, 1.54) is 85.5 Å². The lowest BCUT2D eigenvalue weighted by molar-refractivity contribution is 0.483. The number of benzene rings is 17. The van der Waals surface area contributed by atoms with Crippen molar-refractivity contribution in [2.24, 2.45) is 0 Å². The third-order valence-electron chi connectivity index (χ3n) is 23.7. The van der Waals surface area contributed by atoms with E-state index in [-0.39, 0.29) is 12.1 Å². The number of hydrogen-bond acceptors (Lipinski definition) is 2. The highest BCUT2D eigenvalue weighted by Gasteiger charge is 2.48. The molecule has 0 radical (unpaired) electrons. The van der Waals surface area contributed by atoms with Crippen molar-refractivity contribution in [3.63, 3.8) is 0 Å². The molecule has 18 aromatic rings. The molecule has 2 aliphatic heterocycles. The molecular weight excluding hydrogens is 1380 g/mol. The van der Waals surface area contributed by atoms with Gasteiger partial charge in [0.05, 0.1) is 16.7 Å². The van der Waals surface area contributed by atoms with E-state index in [0.717, 1.165) is 89.6 Å². The molecule has 0 saturated heterocycles. The average molecular weight is 1460 g/mol. The van der Waals surface area contributed by atoms with Crippen LogP contribution < -0.4 is 67.5 Å². The van der Waals surface area contributed by atoms with E-state index >= 15 is 0 Å². The number of rotatable bonds is 15. The van der Waals surface area contributed by atoms with Crippen molar-refractivity contribution in [2.75, 3.05) is 4.90 Å². The minimum absolute atomic E-state index is 0.267. The lowest BCUT2D eigenvalue weighted by Gasteiger charge is -2.42. The maximum Gasteiger partial charge on any atom is 0.256 e. The lowest BCUT2D eigenvalue weighted by atomic mass is 9.34. The summed E-state index contributed by atoms with van der Waals surface area (Å²) < 4.78 is 10.2. The molecule has 17 aromatic carbocycles. The highest BCUT2D eigenvalue weighted by Crippen LogP contribution is 2.50. The second-order valence-corrected chi connectivity index (χ2v) is 38.6. The molecule has 2 aliphatic rings. The fraction of sp³-hybridized carbons (Fsp3) is 0.0377. The second-order valence-electron chi connectivity index (χ2n) is 31.0. The summed E-state index contributed by atoms with van der Waals surface area (Å²) in [6.45, 7) is 6.72. The van der Waals surface area contributed by atoms with Gasteiger partial charge in [-0.1, -0.05) is 403 Å². The zero-order chi connectivity index (χ0) is 74.9. The van der Waals surface area contributed by atoms with Crippen molar-refractivity contribution >= 4 is 120 Å². The maximum absolute atomic E-state index is 7.77. The first kappa shape index (κ1) is 68.0. The van der Waals surface area contributed by atoms with Crippen LogP contribution in [0.25, 0.3) is 83.1 Å². The van der Waals surface area contributed by atoms with Crippen molar-refractivity contribution in [3.8, 4) is 72.8 Å². The van der Waals surface area contributed by atoms with Crippen LogP contribution in [0.15, 0.2) is 425 Å². The summed E-state index contributed by atoms with van der Waals surface area (Å²) in [6.07, 6.45) is 0. The van der Waals surface area contributed by atoms with Crippen molar-refractivity contribution < 1.29 is 4.74 Å². The molecule has 0 N–H and O–H groups in total. The Labute approximate surface area is 658 Å². The Hall–Kier alpha value is -13.4. The average Bonchev–Trinajstić information content (AvgIpc) is 0.841. The summed E-state index contributed by atoms with van der Waals surface area (Å²) in [7, 11) is -6.94. The van der Waals surface area contributed by atoms with Gasteiger partial charge in [-0.05, 0) is 150 Å². The van der Waals surface area contributed by atoms with Crippen LogP contribution in [0, 0.1) is 0 Å². The van der Waals surface area contributed by atoms with E-state index in [0.29, 0.717) is 0 Å². The SMILES string of the molecule is CC(C)(C)c1cc2c3c(c1)N(c1c(-c4ccccc4)cccc1-c1ccccc1)c1ccc(-c4cc([Si](c5ccccc5)(c5ccccc5)c5cccc(-c6ccccc6)c5)cc([Si](c5ccccc5)(c5ccccc5)c5cccc(-c6ccccc6)c5)c4)cc1B3c1ccc(-n3c4ccccc4c4ccccc43)cc1O2. The first-order chi connectivity index (χ1) is 55.2. The summed E-state index contributed by atoms with van der Waals surface area (Å²) in [6, 6.07) is 161. The zero-order valence-corrected chi connectivity index (χ0v) is 64.8. The number of hydrogen-bond donors (Lipinski definition) is 0. The van der Waals surface area contributed by atoms with Gasteiger partial charge in [0.15, 0.2) is 16.1 Å². The quantitative estimate of drug-likeness (QED) is 0.0752. The van der Waals surface area contributed by atoms with Gasteiger partial charge in [-0.15, -0.1) is 0 Å². The number of fused-ring (bicyclic) bond motifs is 7. The van der Waals surface area contributed by atoms with Gasteiger partial charge in [-0.25, -0.2) is 0 Å². The Morgan fingerprint density at radius 3 is 1.12 bits per heavy atom. The smallest absolute Gasteiger partial charge is 0.256 e. The highest BCUT2D eigenvalue weighted by atomic mass is 28.3. The molecule has 530 valence electrons. The fourth-order valence-electron chi connectivity index (χ4n) is 18.5. The first-order valence-electron chi connectivity index (χ1n) is 39.1. The number of aromatic nitrogens is 1. The minimum Gasteiger partial charge on any atom is -0.458 e. The topological polar surface area (TPSA) is 17.4 Å². The van der Waals surface area contributed by atoms with Gasteiger partial charge in [-0.2, -0.15) is 0 Å². The van der Waals surface area contributed by atoms with Crippen LogP contribution in [-0.4, -0.2) is 27.4 Å². The van der Waals surface area contributed by atoms with E-state index in [9.17, 15) is 0 Å². The molecule has 20 rings (SSSR count). The van der Waals surface area contributed by atoms with Crippen LogP contribution in [-0.2, 0) is 5.41 Å². The van der Waals surface area contributed by atoms with Crippen molar-refractivity contribution in [3.05, 3.63) is 430 Å². The standard InChI is InChI=1S/C106H79BN2OSi2/c1-106(2,3)82-70-101-104-103(71-82)110-102-72-83(108-98-59-30-28-55-94(98)95-56-29-31-60-99(95)108)62-63-96(102)107(104)97-69-80(61-64-100(97)109(101)105-92(76-39-16-6-17-40-76)57-34-58-93(105)77-41-18-7-19-42-77)81-67-90(111(84-45-20-8-21-46-84,85-47-22-9-23-48-85)88-53-32-43-78(65-88)74-35-12-4-13-36-74)73-91(68-81)112(86-49-24-10-25-50-86,87-51-26-11-27-52-87)89-54-33-44-79(66-89)75-37-14-5-15-38-75/h4-73H,1-3H3. The van der Waals surface area contributed by atoms with Crippen LogP contribution in [0.5, 0.6) is 11.5 Å². The Morgan fingerprint density at radius 2 is 0.661 bits per heavy atom. The predicted molar refractivity (Wildman–Crippen MR) is 480 cm³/mol. The van der Waals surface area contributed by atoms with E-state index < -0.39 is 16.1 Å². The molecule has 0 amide bonds. The molecular formula is C106H79BN2OSi2. The molecule has 3 heterocycles. The van der Waals surface area contributed by atoms with Crippen LogP contribution in [0.3, 0.4) is 0 Å². The lowest BCUT2D eigenvalue weighted by Crippen LogP contribution is -2.78. The Kier molecular flexibility index (Phi) is 17.0. The van der Waals surface area contributed by atoms with Gasteiger partial charge >= 0.3 is 0 Å². The number of para-hydroxylation sites is 3. The molecule has 3 nitrogen and oxygen atoms in total. The number of anilines is 3. The Bertz CT molecular complexity index is 6190. The summed E-state index contributed by atoms with van der Waals surface area (Å²) in [5.74, 6) is 1.71. The van der Waals surface area contributed by atoms with Crippen LogP contribution in [0.2, 0.25) is 0 Å². The monoisotopic (exact) mass is 1460 g/mol. The summed E-state index contributed by atoms with van der Waals surface area (Å²) in [5.41, 5.74) is 22.6. The Morgan fingerprint density at radius 1 is 0.268 bits per heavy atom. The molecule has 6 heteroatoms. The molecule has 0 aliphatic carbocycles. The van der Waals surface area contributed by atoms with Gasteiger partial charge in [0, 0.05) is 45.0 Å². The zero-order valence-electron chi connectivity index (χ0n) is 62.8. The number of nitrogens with zero attached hydrogens (tertiary/aromatic N) is 2. The summed E-state index contributed by atoms with van der Waals surface area (Å²) in [4.78, 5) is 2.63. The summed E-state index contributed by atoms with van der Waals surface area (Å²) >= 11 is 0. The summed E-state index contributed by atoms with van der Waals surface area (Å²) in [5, 5.41) is 12.8. The van der Waals surface area contributed by atoms with E-state index in [1.54, 1.807) is 0 Å². The molecule has 0 atom stereocenters. The van der Waals surface area contributed by atoms with Crippen molar-refractivity contribution in [1.82, 2.24) is 4.57 Å². The van der Waals surface area contributed by atoms with Crippen LogP contribution in [0.4, 0.5) is 17.1 Å². The van der Waals surface area contributed by atoms with Crippen molar-refractivity contribution in [2.45, 2.75) is 26.2 Å². The van der Waals surface area contributed by atoms with Gasteiger partial charge < -0.3 is 14.2 Å². The largest absolute Gasteiger partial charge is 0.458 e. The first-order valence-corrected chi connectivity index (χ1v) is 43.1. The molecule has 0 saturated carbocycles. The van der Waals surface area contributed by atoms with Crippen LogP contribution >= 0.6 is 0 Å². The van der Waals surface area contributed by atoms with Gasteiger partial charge in [0.25, 0.3) is 6.71 Å². The normalized spacial score (nSPS) is 12.5. The molecule has 0 spiro atoms. The van der Waals surface area contributed by atoms with Gasteiger partial charge in [-0.3, -0.25) is 0 Å². The molecule has 112 heavy (non-hydrogen) atoms. The minimum atomic E-state index is -3.47. The predicted octanol–water partition coefficient (Wildman–Crippen LogP) is 19.6. The molecule has 0 unspecified atom stereocenters. The van der Waals surface area contributed by atoms with E-state index in [1.807, 2.05) is 0 Å². The molecule has 0 fully saturated rings. The maximum atomic E-state index is 7.77. The second kappa shape index (κ2) is 27.9. The number of ether oxygens (including phenoxy) is 1. The van der Waals surface area contributed by atoms with Gasteiger partial charge in [0.1, 0.15) is 11.5 Å². The highest BCUT2D eigenvalue weighted by molar-refractivity contribution is 7.22. The third kappa shape index (κ3) is 11.4. The van der Waals surface area contributed by atoms with E-state index in [2.05, 4.69) is 455 Å². The van der Waals surface area contributed by atoms with E-state index in [4.69, 9.17) is 4.74 Å². The van der Waals surface area contributed by atoms with Gasteiger partial charge in [0.2, 0.25) is 0 Å². The fourth-order valence-corrected chi connectivity index (χ4v) is 28.4. The van der Waals surface area contributed by atoms with Crippen LogP contribution in [0.1, 0.15) is 26.3 Å². The third-order valence-corrected chi connectivity index (χ3v) is 33.1. The Balaban J connectivity index is 0.926.